The summed E-state index contributed by atoms with van der Waals surface area (Å²) in [7, 11) is -1.79. The Labute approximate surface area is 163 Å². The fourth-order valence-corrected chi connectivity index (χ4v) is 5.44. The van der Waals surface area contributed by atoms with E-state index in [2.05, 4.69) is 93.8 Å². The summed E-state index contributed by atoms with van der Waals surface area (Å²) in [5.74, 6) is 0. The van der Waals surface area contributed by atoms with E-state index in [0.717, 1.165) is 10.2 Å². The Morgan fingerprint density at radius 2 is 1.69 bits per heavy atom. The summed E-state index contributed by atoms with van der Waals surface area (Å²) in [6.45, 7) is 12.1. The van der Waals surface area contributed by atoms with E-state index in [1.165, 1.54) is 9.82 Å². The number of benzene rings is 2. The third-order valence-electron chi connectivity index (χ3n) is 5.21. The van der Waals surface area contributed by atoms with E-state index in [9.17, 15) is 0 Å². The third kappa shape index (κ3) is 4.47. The molecule has 0 aliphatic rings. The first kappa shape index (κ1) is 19.4. The summed E-state index contributed by atoms with van der Waals surface area (Å²) < 4.78 is 8.96. The van der Waals surface area contributed by atoms with E-state index in [4.69, 9.17) is 9.41 Å². The summed E-state index contributed by atoms with van der Waals surface area (Å²) in [4.78, 5) is 4.80. The molecule has 3 rings (SSSR count). The molecule has 1 aromatic heterocycles. The van der Waals surface area contributed by atoms with Crippen LogP contribution in [0.15, 0.2) is 54.6 Å². The number of hydrogen-bond acceptors (Lipinski definition) is 3. The fraction of sp³-hybridized carbons (Fsp3) is 0.381. The van der Waals surface area contributed by atoms with Crippen LogP contribution in [0, 0.1) is 0 Å². The number of nitrogens with one attached hydrogen (secondary N) is 1. The normalized spacial score (nSPS) is 13.7. The van der Waals surface area contributed by atoms with Crippen molar-refractivity contribution in [2.24, 2.45) is 0 Å². The summed E-state index contributed by atoms with van der Waals surface area (Å²) in [6.07, 6.45) is 0. The minimum absolute atomic E-state index is 0.125. The molecule has 3 nitrogen and oxygen atoms in total. The molecule has 1 N–H and O–H groups in total. The van der Waals surface area contributed by atoms with E-state index in [1.807, 2.05) is 0 Å². The van der Waals surface area contributed by atoms with Crippen LogP contribution in [-0.4, -0.2) is 34.4 Å². The van der Waals surface area contributed by atoms with Crippen molar-refractivity contribution in [3.63, 3.8) is 0 Å². The molecule has 0 amide bonds. The van der Waals surface area contributed by atoms with Gasteiger partial charge in [-0.05, 0) is 0 Å². The summed E-state index contributed by atoms with van der Waals surface area (Å²) >= 11 is 0.237. The van der Waals surface area contributed by atoms with Crippen LogP contribution in [0.2, 0.25) is 18.1 Å². The number of fused-ring (bicyclic) bond motifs is 1. The van der Waals surface area contributed by atoms with Gasteiger partial charge in [0, 0.05) is 0 Å². The minimum atomic E-state index is -1.79. The van der Waals surface area contributed by atoms with Crippen molar-refractivity contribution in [3.05, 3.63) is 60.2 Å². The molecule has 0 saturated carbocycles. The van der Waals surface area contributed by atoms with Gasteiger partial charge in [0.2, 0.25) is 0 Å². The van der Waals surface area contributed by atoms with Crippen LogP contribution >= 0.6 is 0 Å². The van der Waals surface area contributed by atoms with Crippen LogP contribution in [0.5, 0.6) is 0 Å². The van der Waals surface area contributed by atoms with Gasteiger partial charge in [-0.25, -0.2) is 0 Å². The molecule has 0 unspecified atom stereocenters. The molecule has 138 valence electrons. The molecule has 1 heterocycles. The Morgan fingerprint density at radius 3 is 2.35 bits per heavy atom. The van der Waals surface area contributed by atoms with Crippen LogP contribution in [0.25, 0.3) is 9.78 Å². The first-order valence-corrected chi connectivity index (χ1v) is 13.7. The molecule has 0 radical (unpaired) electrons. The number of hydrogen-bond donors (Lipinski definition) is 1. The average molecular weight is 432 g/mol. The maximum atomic E-state index is 6.53. The molecule has 26 heavy (non-hydrogen) atoms. The van der Waals surface area contributed by atoms with Gasteiger partial charge in [-0.2, -0.15) is 0 Å². The first-order valence-electron chi connectivity index (χ1n) is 9.07. The van der Waals surface area contributed by atoms with E-state index in [-0.39, 0.29) is 25.6 Å². The van der Waals surface area contributed by atoms with Gasteiger partial charge in [0.05, 0.1) is 0 Å². The van der Waals surface area contributed by atoms with Gasteiger partial charge in [-0.15, -0.1) is 0 Å². The molecule has 0 bridgehead atoms. The van der Waals surface area contributed by atoms with Crippen molar-refractivity contribution in [1.29, 1.82) is 0 Å². The molecule has 0 fully saturated rings. The second-order valence-electron chi connectivity index (χ2n) is 8.17. The number of anilines is 1. The van der Waals surface area contributed by atoms with E-state index < -0.39 is 8.32 Å². The van der Waals surface area contributed by atoms with Gasteiger partial charge in [0.25, 0.3) is 0 Å². The molecule has 0 spiro atoms. The summed E-state index contributed by atoms with van der Waals surface area (Å²) in [5, 5.41) is 3.89. The predicted octanol–water partition coefficient (Wildman–Crippen LogP) is 5.47. The van der Waals surface area contributed by atoms with Crippen molar-refractivity contribution >= 4 is 37.3 Å². The van der Waals surface area contributed by atoms with Crippen molar-refractivity contribution in [2.45, 2.75) is 44.9 Å². The third-order valence-corrected chi connectivity index (χ3v) is 11.7. The zero-order valence-electron chi connectivity index (χ0n) is 16.2. The fourth-order valence-electron chi connectivity index (χ4n) is 2.50. The second kappa shape index (κ2) is 7.69. The van der Waals surface area contributed by atoms with Crippen molar-refractivity contribution in [3.8, 4) is 0 Å². The van der Waals surface area contributed by atoms with Gasteiger partial charge < -0.3 is 0 Å². The Morgan fingerprint density at radius 1 is 1.04 bits per heavy atom. The zero-order valence-corrected chi connectivity index (χ0v) is 19.0. The molecule has 1 atom stereocenters. The second-order valence-corrected chi connectivity index (χ2v) is 15.1. The SMILES string of the molecule is CC(C)(C)[Si](C)(C)OC[C@H](Nc1nc2ccccc2[se]1)c1ccccc1. The molecule has 0 aliphatic heterocycles. The Kier molecular flexibility index (Phi) is 5.73. The molecule has 2 aromatic carbocycles. The van der Waals surface area contributed by atoms with Crippen LogP contribution in [0.4, 0.5) is 4.69 Å². The van der Waals surface area contributed by atoms with E-state index in [0.29, 0.717) is 6.61 Å². The van der Waals surface area contributed by atoms with Crippen LogP contribution < -0.4 is 5.32 Å². The quantitative estimate of drug-likeness (QED) is 0.526. The zero-order chi connectivity index (χ0) is 18.8. The topological polar surface area (TPSA) is 34.1 Å². The monoisotopic (exact) mass is 432 g/mol. The van der Waals surface area contributed by atoms with Crippen LogP contribution in [0.3, 0.4) is 0 Å². The van der Waals surface area contributed by atoms with Gasteiger partial charge in [0.15, 0.2) is 0 Å². The molecule has 0 aliphatic carbocycles. The average Bonchev–Trinajstić information content (AvgIpc) is 3.01. The molecule has 0 saturated heterocycles. The van der Waals surface area contributed by atoms with Gasteiger partial charge in [-0.1, -0.05) is 0 Å². The van der Waals surface area contributed by atoms with Crippen LogP contribution in [0.1, 0.15) is 32.4 Å². The number of nitrogens with zero attached hydrogens (tertiary/aromatic N) is 1. The molecular formula is C21H28N2OSeSi. The first-order chi connectivity index (χ1) is 12.3. The molecule has 3 aromatic rings. The standard InChI is InChI=1S/C21H28N2OSeSi/c1-21(2,3)26(4,5)24-15-18(16-11-7-6-8-12-16)23-20-22-17-13-9-10-14-19(17)25-20/h6-14,18H,15H2,1-5H3,(H,22,23)/t18-/m0/s1. The Hall–Kier alpha value is -1.39. The number of rotatable bonds is 6. The summed E-state index contributed by atoms with van der Waals surface area (Å²) in [6, 6.07) is 19.1. The van der Waals surface area contributed by atoms with E-state index in [1.54, 1.807) is 0 Å². The van der Waals surface area contributed by atoms with Crippen molar-refractivity contribution in [1.82, 2.24) is 4.98 Å². The Balaban J connectivity index is 1.82. The molecular weight excluding hydrogens is 403 g/mol. The van der Waals surface area contributed by atoms with Crippen molar-refractivity contribution in [2.75, 3.05) is 11.9 Å². The van der Waals surface area contributed by atoms with Gasteiger partial charge in [0.1, 0.15) is 0 Å². The Bertz CT molecular complexity index is 822. The van der Waals surface area contributed by atoms with Gasteiger partial charge in [-0.3, -0.25) is 0 Å². The van der Waals surface area contributed by atoms with Crippen LogP contribution in [-0.2, 0) is 4.43 Å². The van der Waals surface area contributed by atoms with E-state index >= 15 is 0 Å². The summed E-state index contributed by atoms with van der Waals surface area (Å²) in [5.41, 5.74) is 2.35. The van der Waals surface area contributed by atoms with Gasteiger partial charge >= 0.3 is 164 Å². The number of aromatic nitrogens is 1. The number of para-hydroxylation sites is 1. The van der Waals surface area contributed by atoms with Crippen molar-refractivity contribution < 1.29 is 4.43 Å². The molecule has 5 heteroatoms. The maximum absolute atomic E-state index is 6.53. The predicted molar refractivity (Wildman–Crippen MR) is 115 cm³/mol.